The van der Waals surface area contributed by atoms with E-state index in [0.29, 0.717) is 0 Å². The van der Waals surface area contributed by atoms with E-state index in [1.54, 1.807) is 0 Å². The molecule has 3 aromatic carbocycles. The van der Waals surface area contributed by atoms with Gasteiger partial charge in [0, 0.05) is 0 Å². The van der Waals surface area contributed by atoms with Crippen LogP contribution < -0.4 is 11.4 Å². The van der Waals surface area contributed by atoms with Crippen LogP contribution in [0, 0.1) is 0 Å². The minimum absolute atomic E-state index is 0.0673. The van der Waals surface area contributed by atoms with Gasteiger partial charge in [-0.05, 0) is 51.1 Å². The third kappa shape index (κ3) is 6.59. The van der Waals surface area contributed by atoms with Crippen molar-refractivity contribution in [2.45, 2.75) is 78.6 Å². The Morgan fingerprint density at radius 2 is 0.647 bits per heavy atom. The smallest absolute Gasteiger partial charge is 0.577 e. The summed E-state index contributed by atoms with van der Waals surface area (Å²) in [5.74, 6) is 2.44. The molecule has 0 amide bonds. The topological polar surface area (TPSA) is 27.7 Å². The fourth-order valence-electron chi connectivity index (χ4n) is 3.95. The Bertz CT molecular complexity index is 959. The van der Waals surface area contributed by atoms with Gasteiger partial charge in [-0.3, -0.25) is 0 Å². The van der Waals surface area contributed by atoms with E-state index in [9.17, 15) is 0 Å². The van der Waals surface area contributed by atoms with E-state index in [1.807, 2.05) is 36.4 Å². The van der Waals surface area contributed by atoms with Crippen LogP contribution in [-0.2, 0) is 16.2 Å². The SMILES string of the molecule is CC(C)(C)c1ccccc1[O][Al]([O]c1ccccc1C(C)(C)C)[O]c1ccccc1C(C)(C)C. The predicted molar refractivity (Wildman–Crippen MR) is 143 cm³/mol. The first-order valence-electron chi connectivity index (χ1n) is 12.1. The van der Waals surface area contributed by atoms with Gasteiger partial charge >= 0.3 is 15.1 Å². The number of para-hydroxylation sites is 3. The normalized spacial score (nSPS) is 12.3. The molecule has 4 heteroatoms. The third-order valence-corrected chi connectivity index (χ3v) is 7.09. The number of hydrogen-bond donors (Lipinski definition) is 0. The summed E-state index contributed by atoms with van der Waals surface area (Å²) in [5, 5.41) is 0. The summed E-state index contributed by atoms with van der Waals surface area (Å²) in [6.45, 7) is 19.7. The van der Waals surface area contributed by atoms with Crippen LogP contribution in [0.3, 0.4) is 0 Å². The van der Waals surface area contributed by atoms with Gasteiger partial charge in [0.1, 0.15) is 0 Å². The Morgan fingerprint density at radius 3 is 0.882 bits per heavy atom. The predicted octanol–water partition coefficient (Wildman–Crippen LogP) is 8.10. The van der Waals surface area contributed by atoms with Gasteiger partial charge in [0.15, 0.2) is 0 Å². The minimum atomic E-state index is -2.71. The second-order valence-corrected chi connectivity index (χ2v) is 13.2. The molecule has 0 spiro atoms. The van der Waals surface area contributed by atoms with Gasteiger partial charge in [-0.15, -0.1) is 0 Å². The maximum Gasteiger partial charge on any atom is 1.20 e. The summed E-state index contributed by atoms with van der Waals surface area (Å²) in [5.41, 5.74) is 3.20. The van der Waals surface area contributed by atoms with Gasteiger partial charge in [0.2, 0.25) is 0 Å². The van der Waals surface area contributed by atoms with Crippen LogP contribution in [0.1, 0.15) is 79.0 Å². The largest absolute Gasteiger partial charge is 1.20 e. The second kappa shape index (κ2) is 10.1. The van der Waals surface area contributed by atoms with Crippen molar-refractivity contribution in [2.24, 2.45) is 0 Å². The molecule has 0 saturated heterocycles. The van der Waals surface area contributed by atoms with E-state index in [1.165, 1.54) is 0 Å². The zero-order valence-electron chi connectivity index (χ0n) is 22.2. The molecule has 0 aliphatic heterocycles. The van der Waals surface area contributed by atoms with E-state index in [4.69, 9.17) is 11.4 Å². The molecule has 0 unspecified atom stereocenters. The summed E-state index contributed by atoms with van der Waals surface area (Å²) in [6, 6.07) is 24.6. The molecule has 34 heavy (non-hydrogen) atoms. The average Bonchev–Trinajstić information content (AvgIpc) is 2.72. The quantitative estimate of drug-likeness (QED) is 0.338. The molecule has 0 heterocycles. The van der Waals surface area contributed by atoms with Crippen LogP contribution in [0.2, 0.25) is 0 Å². The highest BCUT2D eigenvalue weighted by molar-refractivity contribution is 6.39. The van der Waals surface area contributed by atoms with Crippen molar-refractivity contribution in [3.05, 3.63) is 89.5 Å². The highest BCUT2D eigenvalue weighted by Crippen LogP contribution is 2.36. The Kier molecular flexibility index (Phi) is 7.76. The van der Waals surface area contributed by atoms with Crippen molar-refractivity contribution in [2.75, 3.05) is 0 Å². The van der Waals surface area contributed by atoms with Crippen LogP contribution in [0.4, 0.5) is 0 Å². The Labute approximate surface area is 211 Å². The molecule has 0 aliphatic carbocycles. The van der Waals surface area contributed by atoms with Crippen LogP contribution in [0.25, 0.3) is 0 Å². The summed E-state index contributed by atoms with van der Waals surface area (Å²) in [6.07, 6.45) is 0. The molecule has 0 bridgehead atoms. The first-order valence-corrected chi connectivity index (χ1v) is 13.5. The molecular formula is C30H39AlO3. The lowest BCUT2D eigenvalue weighted by molar-refractivity contribution is 0.297. The van der Waals surface area contributed by atoms with Crippen molar-refractivity contribution >= 4 is 15.1 Å². The van der Waals surface area contributed by atoms with Crippen LogP contribution in [-0.4, -0.2) is 15.1 Å². The molecule has 3 aromatic rings. The Balaban J connectivity index is 2.05. The highest BCUT2D eigenvalue weighted by atomic mass is 27.3. The lowest BCUT2D eigenvalue weighted by Gasteiger charge is -2.28. The van der Waals surface area contributed by atoms with Gasteiger partial charge in [-0.1, -0.05) is 117 Å². The van der Waals surface area contributed by atoms with E-state index >= 15 is 0 Å². The molecule has 180 valence electrons. The van der Waals surface area contributed by atoms with Crippen molar-refractivity contribution in [3.8, 4) is 17.2 Å². The second-order valence-electron chi connectivity index (χ2n) is 11.9. The van der Waals surface area contributed by atoms with Gasteiger partial charge < -0.3 is 11.4 Å². The maximum absolute atomic E-state index is 6.61. The molecule has 0 N–H and O–H groups in total. The van der Waals surface area contributed by atoms with Crippen molar-refractivity contribution < 1.29 is 11.4 Å². The Morgan fingerprint density at radius 1 is 0.412 bits per heavy atom. The van der Waals surface area contributed by atoms with Crippen molar-refractivity contribution in [1.82, 2.24) is 0 Å². The summed E-state index contributed by atoms with van der Waals surface area (Å²) < 4.78 is 19.8. The van der Waals surface area contributed by atoms with Gasteiger partial charge in [0.05, 0.1) is 17.2 Å². The lowest BCUT2D eigenvalue weighted by Crippen LogP contribution is -2.39. The first kappa shape index (κ1) is 26.2. The van der Waals surface area contributed by atoms with Gasteiger partial charge in [0.25, 0.3) is 0 Å². The zero-order valence-corrected chi connectivity index (χ0v) is 23.4. The molecule has 3 nitrogen and oxygen atoms in total. The average molecular weight is 475 g/mol. The molecule has 0 fully saturated rings. The van der Waals surface area contributed by atoms with Gasteiger partial charge in [-0.2, -0.15) is 0 Å². The monoisotopic (exact) mass is 474 g/mol. The number of benzene rings is 3. The maximum atomic E-state index is 6.61. The Hall–Kier alpha value is -2.41. The van der Waals surface area contributed by atoms with E-state index in [2.05, 4.69) is 98.7 Å². The highest BCUT2D eigenvalue weighted by Gasteiger charge is 2.46. The minimum Gasteiger partial charge on any atom is -0.577 e. The van der Waals surface area contributed by atoms with Crippen LogP contribution >= 0.6 is 0 Å². The number of rotatable bonds is 6. The standard InChI is InChI=1S/3C10H14O.Al/c3*1-10(2,3)8-6-4-5-7-9(8)11;/h3*4-7,11H,1-3H3;/q;;;+3/p-3. The molecule has 0 aromatic heterocycles. The fourth-order valence-corrected chi connectivity index (χ4v) is 5.33. The molecule has 0 saturated carbocycles. The summed E-state index contributed by atoms with van der Waals surface area (Å²) >= 11 is -2.71. The fraction of sp³-hybridized carbons (Fsp3) is 0.400. The molecular weight excluding hydrogens is 435 g/mol. The number of hydrogen-bond acceptors (Lipinski definition) is 3. The molecule has 0 radical (unpaired) electrons. The first-order chi connectivity index (χ1) is 15.8. The third-order valence-electron chi connectivity index (χ3n) is 5.75. The van der Waals surface area contributed by atoms with Gasteiger partial charge in [-0.25, -0.2) is 0 Å². The summed E-state index contributed by atoms with van der Waals surface area (Å²) in [7, 11) is 0. The zero-order chi connectivity index (χ0) is 25.1. The molecule has 0 aliphatic rings. The van der Waals surface area contributed by atoms with E-state index in [-0.39, 0.29) is 16.2 Å². The van der Waals surface area contributed by atoms with Crippen molar-refractivity contribution in [3.63, 3.8) is 0 Å². The van der Waals surface area contributed by atoms with Crippen LogP contribution in [0.15, 0.2) is 72.8 Å². The van der Waals surface area contributed by atoms with Crippen molar-refractivity contribution in [1.29, 1.82) is 0 Å². The summed E-state index contributed by atoms with van der Waals surface area (Å²) in [4.78, 5) is 0. The van der Waals surface area contributed by atoms with E-state index in [0.717, 1.165) is 33.9 Å². The van der Waals surface area contributed by atoms with E-state index < -0.39 is 15.1 Å². The molecule has 3 rings (SSSR count). The molecule has 0 atom stereocenters. The lowest BCUT2D eigenvalue weighted by atomic mass is 9.86. The van der Waals surface area contributed by atoms with Crippen LogP contribution in [0.5, 0.6) is 17.2 Å².